The quantitative estimate of drug-likeness (QED) is 0.570. The minimum absolute atomic E-state index is 0.218. The van der Waals surface area contributed by atoms with Crippen LogP contribution in [-0.4, -0.2) is 37.3 Å². The van der Waals surface area contributed by atoms with E-state index in [4.69, 9.17) is 14.3 Å². The molecule has 1 aromatic rings. The molecule has 1 aliphatic rings. The van der Waals surface area contributed by atoms with Gasteiger partial charge >= 0.3 is 5.97 Å². The van der Waals surface area contributed by atoms with Gasteiger partial charge in [-0.05, 0) is 43.7 Å². The number of Topliss-reactive ketones (excluding diaryl/α,β-unsaturated/α-hetero) is 1. The van der Waals surface area contributed by atoms with Gasteiger partial charge in [0.2, 0.25) is 0 Å². The first-order chi connectivity index (χ1) is 11.0. The van der Waals surface area contributed by atoms with E-state index in [2.05, 4.69) is 5.16 Å². The molecule has 2 atom stereocenters. The second-order valence-corrected chi connectivity index (χ2v) is 5.35. The highest BCUT2D eigenvalue weighted by Crippen LogP contribution is 2.24. The third kappa shape index (κ3) is 4.31. The summed E-state index contributed by atoms with van der Waals surface area (Å²) < 4.78 is 10.1. The van der Waals surface area contributed by atoms with E-state index in [0.717, 1.165) is 17.0 Å². The number of ether oxygens (including phenoxy) is 2. The van der Waals surface area contributed by atoms with Crippen molar-refractivity contribution in [2.45, 2.75) is 32.8 Å². The highest BCUT2D eigenvalue weighted by Gasteiger charge is 2.32. The van der Waals surface area contributed by atoms with Crippen LogP contribution >= 0.6 is 0 Å². The van der Waals surface area contributed by atoms with Gasteiger partial charge in [-0.15, -0.1) is 0 Å². The van der Waals surface area contributed by atoms with E-state index in [1.54, 1.807) is 14.0 Å². The fourth-order valence-electron chi connectivity index (χ4n) is 2.44. The molecule has 0 fully saturated rings. The zero-order valence-electron chi connectivity index (χ0n) is 13.6. The standard InChI is InChI=1S/C17H21NO5/c1-4-22-17(20)15(11(2)19)9-14-10-16(18-23-14)12-5-7-13(21-3)8-6-12/h5-8,14-15H,4,9-10H2,1-3H3. The average Bonchev–Trinajstić information content (AvgIpc) is 3.01. The summed E-state index contributed by atoms with van der Waals surface area (Å²) in [7, 11) is 1.61. The Morgan fingerprint density at radius 1 is 1.35 bits per heavy atom. The number of methoxy groups -OCH3 is 1. The van der Waals surface area contributed by atoms with Gasteiger partial charge in [0, 0.05) is 12.8 Å². The van der Waals surface area contributed by atoms with Crippen LogP contribution in [0.1, 0.15) is 32.3 Å². The first-order valence-electron chi connectivity index (χ1n) is 7.59. The average molecular weight is 319 g/mol. The summed E-state index contributed by atoms with van der Waals surface area (Å²) >= 11 is 0. The molecule has 23 heavy (non-hydrogen) atoms. The number of carbonyl (C=O) groups excluding carboxylic acids is 2. The van der Waals surface area contributed by atoms with E-state index in [-0.39, 0.29) is 24.9 Å². The fourth-order valence-corrected chi connectivity index (χ4v) is 2.44. The number of oxime groups is 1. The van der Waals surface area contributed by atoms with Crippen LogP contribution in [0, 0.1) is 5.92 Å². The first kappa shape index (κ1) is 17.0. The molecule has 2 rings (SSSR count). The summed E-state index contributed by atoms with van der Waals surface area (Å²) in [5, 5.41) is 4.07. The SMILES string of the molecule is CCOC(=O)C(CC1CC(c2ccc(OC)cc2)=NO1)C(C)=O. The number of ketones is 1. The van der Waals surface area contributed by atoms with Crippen LogP contribution in [0.4, 0.5) is 0 Å². The topological polar surface area (TPSA) is 74.2 Å². The minimum atomic E-state index is -0.801. The van der Waals surface area contributed by atoms with E-state index in [0.29, 0.717) is 6.42 Å². The van der Waals surface area contributed by atoms with Crippen LogP contribution in [0.15, 0.2) is 29.4 Å². The number of carbonyl (C=O) groups is 2. The summed E-state index contributed by atoms with van der Waals surface area (Å²) in [5.41, 5.74) is 1.73. The summed E-state index contributed by atoms with van der Waals surface area (Å²) in [5.74, 6) is -0.749. The Kier molecular flexibility index (Phi) is 5.73. The van der Waals surface area contributed by atoms with Crippen molar-refractivity contribution in [1.82, 2.24) is 0 Å². The largest absolute Gasteiger partial charge is 0.497 e. The van der Waals surface area contributed by atoms with Crippen molar-refractivity contribution in [3.8, 4) is 5.75 Å². The second kappa shape index (κ2) is 7.76. The van der Waals surface area contributed by atoms with Gasteiger partial charge < -0.3 is 14.3 Å². The lowest BCUT2D eigenvalue weighted by atomic mass is 9.94. The maximum atomic E-state index is 11.8. The molecule has 0 saturated heterocycles. The van der Waals surface area contributed by atoms with E-state index >= 15 is 0 Å². The molecule has 0 saturated carbocycles. The Labute approximate surface area is 135 Å². The minimum Gasteiger partial charge on any atom is -0.497 e. The number of hydrogen-bond donors (Lipinski definition) is 0. The van der Waals surface area contributed by atoms with E-state index in [9.17, 15) is 9.59 Å². The number of hydrogen-bond acceptors (Lipinski definition) is 6. The Balaban J connectivity index is 1.97. The molecule has 0 aromatic heterocycles. The van der Waals surface area contributed by atoms with Crippen LogP contribution in [0.2, 0.25) is 0 Å². The molecule has 0 amide bonds. The third-order valence-electron chi connectivity index (χ3n) is 3.72. The second-order valence-electron chi connectivity index (χ2n) is 5.35. The van der Waals surface area contributed by atoms with Gasteiger partial charge in [0.15, 0.2) is 0 Å². The highest BCUT2D eigenvalue weighted by atomic mass is 16.6. The predicted molar refractivity (Wildman–Crippen MR) is 84.4 cm³/mol. The van der Waals surface area contributed by atoms with Crippen molar-refractivity contribution in [2.75, 3.05) is 13.7 Å². The van der Waals surface area contributed by atoms with Crippen LogP contribution in [0.25, 0.3) is 0 Å². The number of nitrogens with zero attached hydrogens (tertiary/aromatic N) is 1. The van der Waals surface area contributed by atoms with Gasteiger partial charge in [0.1, 0.15) is 23.6 Å². The summed E-state index contributed by atoms with van der Waals surface area (Å²) in [6.07, 6.45) is 0.526. The van der Waals surface area contributed by atoms with Crippen molar-refractivity contribution >= 4 is 17.5 Å². The van der Waals surface area contributed by atoms with Crippen molar-refractivity contribution < 1.29 is 23.9 Å². The van der Waals surface area contributed by atoms with E-state index in [1.807, 2.05) is 24.3 Å². The molecular weight excluding hydrogens is 298 g/mol. The van der Waals surface area contributed by atoms with Crippen molar-refractivity contribution in [1.29, 1.82) is 0 Å². The van der Waals surface area contributed by atoms with Crippen LogP contribution in [-0.2, 0) is 19.2 Å². The Morgan fingerprint density at radius 2 is 2.04 bits per heavy atom. The van der Waals surface area contributed by atoms with Gasteiger partial charge in [0.05, 0.1) is 19.4 Å². The van der Waals surface area contributed by atoms with Crippen molar-refractivity contribution in [2.24, 2.45) is 11.1 Å². The van der Waals surface area contributed by atoms with Gasteiger partial charge in [-0.1, -0.05) is 5.16 Å². The molecule has 0 bridgehead atoms. The normalized spacial score (nSPS) is 17.9. The Bertz CT molecular complexity index is 594. The van der Waals surface area contributed by atoms with Crippen molar-refractivity contribution in [3.05, 3.63) is 29.8 Å². The van der Waals surface area contributed by atoms with Gasteiger partial charge in [-0.3, -0.25) is 9.59 Å². The smallest absolute Gasteiger partial charge is 0.316 e. The molecule has 1 aliphatic heterocycles. The molecule has 0 aliphatic carbocycles. The predicted octanol–water partition coefficient (Wildman–Crippen LogP) is 2.35. The molecule has 6 nitrogen and oxygen atoms in total. The van der Waals surface area contributed by atoms with Crippen LogP contribution < -0.4 is 4.74 Å². The van der Waals surface area contributed by atoms with E-state index < -0.39 is 11.9 Å². The molecule has 6 heteroatoms. The zero-order chi connectivity index (χ0) is 16.8. The molecular formula is C17H21NO5. The molecule has 2 unspecified atom stereocenters. The number of benzene rings is 1. The highest BCUT2D eigenvalue weighted by molar-refractivity contribution is 6.01. The fraction of sp³-hybridized carbons (Fsp3) is 0.471. The van der Waals surface area contributed by atoms with Crippen LogP contribution in [0.3, 0.4) is 0 Å². The molecule has 0 N–H and O–H groups in total. The van der Waals surface area contributed by atoms with Crippen LogP contribution in [0.5, 0.6) is 5.75 Å². The van der Waals surface area contributed by atoms with Gasteiger partial charge in [-0.2, -0.15) is 0 Å². The summed E-state index contributed by atoms with van der Waals surface area (Å²) in [6, 6.07) is 7.50. The van der Waals surface area contributed by atoms with Gasteiger partial charge in [-0.25, -0.2) is 0 Å². The zero-order valence-corrected chi connectivity index (χ0v) is 13.6. The van der Waals surface area contributed by atoms with Crippen molar-refractivity contribution in [3.63, 3.8) is 0 Å². The lowest BCUT2D eigenvalue weighted by Gasteiger charge is -2.15. The van der Waals surface area contributed by atoms with Gasteiger partial charge in [0.25, 0.3) is 0 Å². The maximum Gasteiger partial charge on any atom is 0.316 e. The van der Waals surface area contributed by atoms with E-state index in [1.165, 1.54) is 6.92 Å². The number of esters is 1. The molecule has 0 spiro atoms. The molecule has 1 heterocycles. The lowest BCUT2D eigenvalue weighted by molar-refractivity contribution is -0.152. The third-order valence-corrected chi connectivity index (χ3v) is 3.72. The Morgan fingerprint density at radius 3 is 2.61 bits per heavy atom. The Hall–Kier alpha value is -2.37. The molecule has 1 aromatic carbocycles. The first-order valence-corrected chi connectivity index (χ1v) is 7.59. The summed E-state index contributed by atoms with van der Waals surface area (Å²) in [4.78, 5) is 28.9. The lowest BCUT2D eigenvalue weighted by Crippen LogP contribution is -2.28. The summed E-state index contributed by atoms with van der Waals surface area (Å²) in [6.45, 7) is 3.36. The molecule has 124 valence electrons. The monoisotopic (exact) mass is 319 g/mol. The number of rotatable bonds is 7. The molecule has 0 radical (unpaired) electrons. The maximum absolute atomic E-state index is 11.8.